The highest BCUT2D eigenvalue weighted by molar-refractivity contribution is 5.96. The Morgan fingerprint density at radius 3 is 2.41 bits per heavy atom. The first-order chi connectivity index (χ1) is 13.0. The molecule has 1 atom stereocenters. The van der Waals surface area contributed by atoms with E-state index in [-0.39, 0.29) is 18.9 Å². The summed E-state index contributed by atoms with van der Waals surface area (Å²) in [7, 11) is 2.74. The Balaban J connectivity index is 1.93. The number of carbonyl (C=O) groups is 3. The molecule has 0 aliphatic rings. The second kappa shape index (κ2) is 9.91. The number of pyridine rings is 1. The van der Waals surface area contributed by atoms with Crippen LogP contribution in [0, 0.1) is 0 Å². The van der Waals surface area contributed by atoms with Crippen LogP contribution in [0.5, 0.6) is 5.88 Å². The summed E-state index contributed by atoms with van der Waals surface area (Å²) in [5.74, 6) is -1.02. The minimum atomic E-state index is -0.897. The Kier molecular flexibility index (Phi) is 7.30. The molecule has 1 aromatic heterocycles. The summed E-state index contributed by atoms with van der Waals surface area (Å²) >= 11 is 0. The van der Waals surface area contributed by atoms with E-state index in [1.807, 2.05) is 0 Å². The number of nitrogens with one attached hydrogen (secondary N) is 2. The predicted octanol–water partition coefficient (Wildman–Crippen LogP) is 0.721. The van der Waals surface area contributed by atoms with E-state index in [1.54, 1.807) is 48.7 Å². The maximum atomic E-state index is 12.1. The number of hydrogen-bond acceptors (Lipinski definition) is 6. The lowest BCUT2D eigenvalue weighted by Crippen LogP contribution is -2.47. The van der Waals surface area contributed by atoms with E-state index >= 15 is 0 Å². The Morgan fingerprint density at radius 1 is 1.07 bits per heavy atom. The van der Waals surface area contributed by atoms with Gasteiger partial charge in [0.05, 0.1) is 20.8 Å². The van der Waals surface area contributed by atoms with Crippen molar-refractivity contribution in [2.45, 2.75) is 12.5 Å². The van der Waals surface area contributed by atoms with E-state index in [9.17, 15) is 14.4 Å². The van der Waals surface area contributed by atoms with Gasteiger partial charge in [0.15, 0.2) is 0 Å². The zero-order valence-electron chi connectivity index (χ0n) is 15.1. The van der Waals surface area contributed by atoms with Gasteiger partial charge in [-0.15, -0.1) is 0 Å². The number of carbonyl (C=O) groups excluding carboxylic acids is 3. The molecule has 0 unspecified atom stereocenters. The molecule has 142 valence electrons. The van der Waals surface area contributed by atoms with Crippen molar-refractivity contribution in [2.24, 2.45) is 0 Å². The zero-order valence-corrected chi connectivity index (χ0v) is 15.1. The SMILES string of the molecule is COC(=O)[C@@H](Cc1ccc(OC)nc1)NC(=O)CNC(=O)c1ccccc1. The first kappa shape index (κ1) is 19.9. The van der Waals surface area contributed by atoms with E-state index in [2.05, 4.69) is 15.6 Å². The number of amides is 2. The fourth-order valence-corrected chi connectivity index (χ4v) is 2.32. The fourth-order valence-electron chi connectivity index (χ4n) is 2.32. The number of methoxy groups -OCH3 is 2. The van der Waals surface area contributed by atoms with Crippen LogP contribution in [0.25, 0.3) is 0 Å². The van der Waals surface area contributed by atoms with Gasteiger partial charge < -0.3 is 20.1 Å². The van der Waals surface area contributed by atoms with Gasteiger partial charge >= 0.3 is 5.97 Å². The highest BCUT2D eigenvalue weighted by Gasteiger charge is 2.22. The van der Waals surface area contributed by atoms with Gasteiger partial charge in [0, 0.05) is 24.2 Å². The highest BCUT2D eigenvalue weighted by atomic mass is 16.5. The average molecular weight is 371 g/mol. The van der Waals surface area contributed by atoms with Crippen LogP contribution in [0.2, 0.25) is 0 Å². The number of hydrogen-bond donors (Lipinski definition) is 2. The number of aromatic nitrogens is 1. The normalized spacial score (nSPS) is 11.2. The number of ether oxygens (including phenoxy) is 2. The minimum absolute atomic E-state index is 0.196. The van der Waals surface area contributed by atoms with E-state index in [0.717, 1.165) is 5.56 Å². The second-order valence-corrected chi connectivity index (χ2v) is 5.60. The topological polar surface area (TPSA) is 107 Å². The van der Waals surface area contributed by atoms with Crippen molar-refractivity contribution in [1.29, 1.82) is 0 Å². The van der Waals surface area contributed by atoms with Crippen molar-refractivity contribution in [3.8, 4) is 5.88 Å². The molecule has 0 saturated carbocycles. The molecular weight excluding hydrogens is 350 g/mol. The van der Waals surface area contributed by atoms with E-state index in [1.165, 1.54) is 14.2 Å². The minimum Gasteiger partial charge on any atom is -0.481 e. The van der Waals surface area contributed by atoms with Crippen molar-refractivity contribution in [3.63, 3.8) is 0 Å². The number of rotatable bonds is 8. The first-order valence-corrected chi connectivity index (χ1v) is 8.23. The number of benzene rings is 1. The van der Waals surface area contributed by atoms with E-state index < -0.39 is 17.9 Å². The smallest absolute Gasteiger partial charge is 0.328 e. The van der Waals surface area contributed by atoms with Crippen molar-refractivity contribution in [1.82, 2.24) is 15.6 Å². The lowest BCUT2D eigenvalue weighted by Gasteiger charge is -2.17. The Bertz CT molecular complexity index is 778. The van der Waals surface area contributed by atoms with Crippen LogP contribution in [-0.4, -0.2) is 49.6 Å². The van der Waals surface area contributed by atoms with Gasteiger partial charge in [-0.2, -0.15) is 0 Å². The summed E-state index contributed by atoms with van der Waals surface area (Å²) in [5.41, 5.74) is 1.17. The van der Waals surface area contributed by atoms with E-state index in [4.69, 9.17) is 9.47 Å². The van der Waals surface area contributed by atoms with Gasteiger partial charge in [0.1, 0.15) is 6.04 Å². The summed E-state index contributed by atoms with van der Waals surface area (Å²) < 4.78 is 9.72. The lowest BCUT2D eigenvalue weighted by molar-refractivity contribution is -0.144. The predicted molar refractivity (Wildman–Crippen MR) is 97.2 cm³/mol. The van der Waals surface area contributed by atoms with Crippen LogP contribution in [0.3, 0.4) is 0 Å². The van der Waals surface area contributed by atoms with Gasteiger partial charge in [-0.25, -0.2) is 9.78 Å². The largest absolute Gasteiger partial charge is 0.481 e. The van der Waals surface area contributed by atoms with Crippen molar-refractivity contribution in [2.75, 3.05) is 20.8 Å². The van der Waals surface area contributed by atoms with Crippen LogP contribution in [-0.2, 0) is 20.7 Å². The summed E-state index contributed by atoms with van der Waals surface area (Å²) in [6.07, 6.45) is 1.75. The molecule has 0 saturated heterocycles. The third-order valence-corrected chi connectivity index (χ3v) is 3.71. The molecule has 2 aromatic rings. The molecule has 0 radical (unpaired) electrons. The second-order valence-electron chi connectivity index (χ2n) is 5.60. The Hall–Kier alpha value is -3.42. The van der Waals surface area contributed by atoms with Crippen molar-refractivity contribution >= 4 is 17.8 Å². The molecule has 1 heterocycles. The molecule has 8 heteroatoms. The monoisotopic (exact) mass is 371 g/mol. The lowest BCUT2D eigenvalue weighted by atomic mass is 10.1. The van der Waals surface area contributed by atoms with Crippen LogP contribution >= 0.6 is 0 Å². The third-order valence-electron chi connectivity index (χ3n) is 3.71. The average Bonchev–Trinajstić information content (AvgIpc) is 2.72. The Labute approximate surface area is 156 Å². The summed E-state index contributed by atoms with van der Waals surface area (Å²) in [6.45, 7) is -0.262. The quantitative estimate of drug-likeness (QED) is 0.662. The molecule has 2 amide bonds. The third kappa shape index (κ3) is 6.10. The molecule has 8 nitrogen and oxygen atoms in total. The molecule has 27 heavy (non-hydrogen) atoms. The molecule has 0 fully saturated rings. The van der Waals surface area contributed by atoms with Crippen molar-refractivity contribution < 1.29 is 23.9 Å². The van der Waals surface area contributed by atoms with Gasteiger partial charge in [-0.05, 0) is 17.7 Å². The molecule has 1 aromatic carbocycles. The summed E-state index contributed by atoms with van der Waals surface area (Å²) in [5, 5.41) is 5.07. The number of esters is 1. The van der Waals surface area contributed by atoms with Crippen molar-refractivity contribution in [3.05, 3.63) is 59.8 Å². The number of nitrogens with zero attached hydrogens (tertiary/aromatic N) is 1. The maximum Gasteiger partial charge on any atom is 0.328 e. The van der Waals surface area contributed by atoms with Gasteiger partial charge in [0.25, 0.3) is 5.91 Å². The molecule has 0 aliphatic carbocycles. The van der Waals surface area contributed by atoms with Gasteiger partial charge in [-0.1, -0.05) is 24.3 Å². The van der Waals surface area contributed by atoms with Crippen LogP contribution in [0.1, 0.15) is 15.9 Å². The van der Waals surface area contributed by atoms with Gasteiger partial charge in [0.2, 0.25) is 11.8 Å². The fraction of sp³-hybridized carbons (Fsp3) is 0.263. The zero-order chi connectivity index (χ0) is 19.6. The molecule has 2 N–H and O–H groups in total. The van der Waals surface area contributed by atoms with Gasteiger partial charge in [-0.3, -0.25) is 9.59 Å². The molecule has 2 rings (SSSR count). The molecular formula is C19H21N3O5. The maximum absolute atomic E-state index is 12.1. The summed E-state index contributed by atoms with van der Waals surface area (Å²) in [6, 6.07) is 11.0. The Morgan fingerprint density at radius 2 is 1.81 bits per heavy atom. The van der Waals surface area contributed by atoms with Crippen LogP contribution < -0.4 is 15.4 Å². The van der Waals surface area contributed by atoms with E-state index in [0.29, 0.717) is 11.4 Å². The molecule has 0 aliphatic heterocycles. The highest BCUT2D eigenvalue weighted by Crippen LogP contribution is 2.09. The molecule has 0 spiro atoms. The first-order valence-electron chi connectivity index (χ1n) is 8.23. The van der Waals surface area contributed by atoms with Crippen LogP contribution in [0.15, 0.2) is 48.7 Å². The molecule has 0 bridgehead atoms. The standard InChI is InChI=1S/C19H21N3O5/c1-26-17-9-8-13(11-20-17)10-15(19(25)27-2)22-16(23)12-21-18(24)14-6-4-3-5-7-14/h3-9,11,15H,10,12H2,1-2H3,(H,21,24)(H,22,23)/t15-/m1/s1. The summed E-state index contributed by atoms with van der Waals surface area (Å²) in [4.78, 5) is 40.1. The van der Waals surface area contributed by atoms with Crippen LogP contribution in [0.4, 0.5) is 0 Å².